The summed E-state index contributed by atoms with van der Waals surface area (Å²) in [5.74, 6) is 0.984. The smallest absolute Gasteiger partial charge is 0.240 e. The van der Waals surface area contributed by atoms with Gasteiger partial charge in [0.2, 0.25) is 5.91 Å². The Kier molecular flexibility index (Phi) is 5.53. The molecule has 1 amide bonds. The van der Waals surface area contributed by atoms with Crippen molar-refractivity contribution < 1.29 is 9.53 Å². The largest absolute Gasteiger partial charge is 0.383 e. The van der Waals surface area contributed by atoms with Gasteiger partial charge < -0.3 is 10.1 Å². The van der Waals surface area contributed by atoms with Crippen molar-refractivity contribution in [1.82, 2.24) is 10.2 Å². The molecule has 1 aliphatic carbocycles. The Labute approximate surface area is 133 Å². The molecule has 0 fully saturated rings. The monoisotopic (exact) mass is 305 g/mol. The maximum atomic E-state index is 13.0. The predicted octanol–water partition coefficient (Wildman–Crippen LogP) is 2.11. The number of carbonyl (C=O) groups excluding carboxylic acids is 1. The maximum Gasteiger partial charge on any atom is 0.240 e. The van der Waals surface area contributed by atoms with Gasteiger partial charge in [0.25, 0.3) is 0 Å². The van der Waals surface area contributed by atoms with E-state index < -0.39 is 5.41 Å². The zero-order valence-electron chi connectivity index (χ0n) is 14.1. The average Bonchev–Trinajstić information content (AvgIpc) is 2.51. The summed E-state index contributed by atoms with van der Waals surface area (Å²) < 4.78 is 5.07. The Hall–Kier alpha value is -1.46. The fraction of sp³-hybridized carbons (Fsp3) is 0.647. The van der Waals surface area contributed by atoms with Crippen LogP contribution in [-0.2, 0) is 9.53 Å². The van der Waals surface area contributed by atoms with Gasteiger partial charge in [-0.15, -0.1) is 0 Å². The van der Waals surface area contributed by atoms with Crippen LogP contribution in [0.25, 0.3) is 0 Å². The number of allylic oxidation sites excluding steroid dienone is 3. The zero-order chi connectivity index (χ0) is 16.2. The molecular weight excluding hydrogens is 278 g/mol. The summed E-state index contributed by atoms with van der Waals surface area (Å²) in [6.07, 6.45) is 7.64. The molecule has 0 aromatic carbocycles. The lowest BCUT2D eigenvalue weighted by Gasteiger charge is -2.41. The molecule has 1 heterocycles. The number of amides is 1. The number of nitrogens with one attached hydrogen (secondary N) is 1. The summed E-state index contributed by atoms with van der Waals surface area (Å²) in [6, 6.07) is 0.0157. The summed E-state index contributed by atoms with van der Waals surface area (Å²) in [7, 11) is 1.68. The van der Waals surface area contributed by atoms with Gasteiger partial charge in [0.1, 0.15) is 5.84 Å². The molecule has 0 radical (unpaired) electrons. The molecule has 0 spiro atoms. The Morgan fingerprint density at radius 3 is 3.00 bits per heavy atom. The van der Waals surface area contributed by atoms with Crippen molar-refractivity contribution in [3.63, 3.8) is 0 Å². The Bertz CT molecular complexity index is 510. The van der Waals surface area contributed by atoms with E-state index in [1.54, 1.807) is 7.11 Å². The van der Waals surface area contributed by atoms with Crippen molar-refractivity contribution in [2.45, 2.75) is 39.7 Å². The van der Waals surface area contributed by atoms with Gasteiger partial charge in [-0.2, -0.15) is 0 Å². The van der Waals surface area contributed by atoms with Crippen molar-refractivity contribution in [2.75, 3.05) is 26.8 Å². The zero-order valence-corrected chi connectivity index (χ0v) is 14.1. The third-order valence-corrected chi connectivity index (χ3v) is 4.30. The lowest BCUT2D eigenvalue weighted by Crippen LogP contribution is -2.56. The molecule has 2 atom stereocenters. The van der Waals surface area contributed by atoms with Crippen molar-refractivity contribution >= 4 is 11.7 Å². The van der Waals surface area contributed by atoms with Crippen LogP contribution in [0.5, 0.6) is 0 Å². The molecule has 0 saturated heterocycles. The van der Waals surface area contributed by atoms with Crippen LogP contribution in [0.1, 0.15) is 33.6 Å². The van der Waals surface area contributed by atoms with Crippen LogP contribution in [-0.4, -0.2) is 49.5 Å². The number of carbonyl (C=O) groups is 1. The van der Waals surface area contributed by atoms with Gasteiger partial charge in [-0.05, 0) is 32.8 Å². The first-order valence-corrected chi connectivity index (χ1v) is 8.04. The van der Waals surface area contributed by atoms with E-state index >= 15 is 0 Å². The van der Waals surface area contributed by atoms with Gasteiger partial charge in [0.15, 0.2) is 0 Å². The highest BCUT2D eigenvalue weighted by Gasteiger charge is 2.45. The number of rotatable bonds is 7. The lowest BCUT2D eigenvalue weighted by atomic mass is 9.77. The lowest BCUT2D eigenvalue weighted by molar-refractivity contribution is -0.136. The number of hydrogen-bond acceptors (Lipinski definition) is 4. The number of amidine groups is 1. The quantitative estimate of drug-likeness (QED) is 0.733. The van der Waals surface area contributed by atoms with Gasteiger partial charge >= 0.3 is 0 Å². The fourth-order valence-electron chi connectivity index (χ4n) is 2.93. The SMILES string of the molecule is CCCN1C(=O)C2(C)CC=CC=C2N=C1C(C)NCCOC. The first-order chi connectivity index (χ1) is 10.5. The molecule has 2 aliphatic rings. The molecule has 1 aliphatic heterocycles. The minimum atomic E-state index is -0.514. The average molecular weight is 305 g/mol. The molecule has 5 heteroatoms. The summed E-state index contributed by atoms with van der Waals surface area (Å²) in [5.41, 5.74) is 0.363. The summed E-state index contributed by atoms with van der Waals surface area (Å²) >= 11 is 0. The van der Waals surface area contributed by atoms with Gasteiger partial charge in [-0.1, -0.05) is 19.1 Å². The summed E-state index contributed by atoms with van der Waals surface area (Å²) in [6.45, 7) is 8.22. The highest BCUT2D eigenvalue weighted by atomic mass is 16.5. The molecule has 0 aromatic heterocycles. The van der Waals surface area contributed by atoms with Crippen molar-refractivity contribution in [3.8, 4) is 0 Å². The fourth-order valence-corrected chi connectivity index (χ4v) is 2.93. The Morgan fingerprint density at radius 1 is 1.55 bits per heavy atom. The Balaban J connectivity index is 2.29. The van der Waals surface area contributed by atoms with E-state index in [1.807, 2.05) is 37.0 Å². The third kappa shape index (κ3) is 3.15. The minimum absolute atomic E-state index is 0.0157. The van der Waals surface area contributed by atoms with Gasteiger partial charge in [0.05, 0.1) is 23.8 Å². The summed E-state index contributed by atoms with van der Waals surface area (Å²) in [5, 5.41) is 3.38. The highest BCUT2D eigenvalue weighted by Crippen LogP contribution is 2.40. The molecule has 0 saturated carbocycles. The molecule has 5 nitrogen and oxygen atoms in total. The van der Waals surface area contributed by atoms with E-state index in [1.165, 1.54) is 0 Å². The molecule has 0 aromatic rings. The molecule has 0 bridgehead atoms. The summed E-state index contributed by atoms with van der Waals surface area (Å²) in [4.78, 5) is 19.7. The van der Waals surface area contributed by atoms with Gasteiger partial charge in [-0.25, -0.2) is 4.99 Å². The van der Waals surface area contributed by atoms with E-state index in [0.717, 1.165) is 30.9 Å². The molecular formula is C17H27N3O2. The number of ether oxygens (including phenoxy) is 1. The molecule has 1 N–H and O–H groups in total. The van der Waals surface area contributed by atoms with Crippen molar-refractivity contribution in [3.05, 3.63) is 23.9 Å². The van der Waals surface area contributed by atoms with Crippen LogP contribution in [0.15, 0.2) is 28.9 Å². The second-order valence-corrected chi connectivity index (χ2v) is 6.11. The van der Waals surface area contributed by atoms with E-state index in [4.69, 9.17) is 9.73 Å². The molecule has 22 heavy (non-hydrogen) atoms. The van der Waals surface area contributed by atoms with E-state index in [9.17, 15) is 4.79 Å². The third-order valence-electron chi connectivity index (χ3n) is 4.30. The van der Waals surface area contributed by atoms with Gasteiger partial charge in [-0.3, -0.25) is 9.69 Å². The van der Waals surface area contributed by atoms with Crippen LogP contribution >= 0.6 is 0 Å². The standard InChI is InChI=1S/C17H27N3O2/c1-5-11-20-15(13(2)18-10-12-22-4)19-14-8-6-7-9-17(14,3)16(20)21/h6-8,13,18H,5,9-12H2,1-4H3. The highest BCUT2D eigenvalue weighted by molar-refractivity contribution is 6.07. The number of fused-ring (bicyclic) bond motifs is 1. The van der Waals surface area contributed by atoms with E-state index in [-0.39, 0.29) is 11.9 Å². The minimum Gasteiger partial charge on any atom is -0.383 e. The molecule has 2 rings (SSSR count). The van der Waals surface area contributed by atoms with Crippen LogP contribution in [0.3, 0.4) is 0 Å². The maximum absolute atomic E-state index is 13.0. The second-order valence-electron chi connectivity index (χ2n) is 6.11. The normalized spacial score (nSPS) is 25.6. The predicted molar refractivity (Wildman–Crippen MR) is 88.7 cm³/mol. The topological polar surface area (TPSA) is 53.9 Å². The van der Waals surface area contributed by atoms with E-state index in [0.29, 0.717) is 13.2 Å². The van der Waals surface area contributed by atoms with Crippen molar-refractivity contribution in [1.29, 1.82) is 0 Å². The molecule has 2 unspecified atom stereocenters. The first kappa shape index (κ1) is 16.9. The molecule has 122 valence electrons. The van der Waals surface area contributed by atoms with Crippen LogP contribution in [0.2, 0.25) is 0 Å². The number of nitrogens with zero attached hydrogens (tertiary/aromatic N) is 2. The van der Waals surface area contributed by atoms with Crippen LogP contribution in [0.4, 0.5) is 0 Å². The Morgan fingerprint density at radius 2 is 2.32 bits per heavy atom. The second kappa shape index (κ2) is 7.20. The van der Waals surface area contributed by atoms with Crippen LogP contribution < -0.4 is 5.32 Å². The van der Waals surface area contributed by atoms with Gasteiger partial charge in [0, 0.05) is 20.2 Å². The van der Waals surface area contributed by atoms with E-state index in [2.05, 4.69) is 12.2 Å². The number of aliphatic imine (C=N–C) groups is 1. The first-order valence-electron chi connectivity index (χ1n) is 8.04. The number of hydrogen-bond donors (Lipinski definition) is 1. The number of methoxy groups -OCH3 is 1. The van der Waals surface area contributed by atoms with Crippen LogP contribution in [0, 0.1) is 5.41 Å². The van der Waals surface area contributed by atoms with Crippen molar-refractivity contribution in [2.24, 2.45) is 10.4 Å².